The molecule has 0 aliphatic heterocycles. The van der Waals surface area contributed by atoms with Gasteiger partial charge in [0, 0.05) is 10.7 Å². The van der Waals surface area contributed by atoms with Gasteiger partial charge in [0.1, 0.15) is 5.75 Å². The van der Waals surface area contributed by atoms with Gasteiger partial charge in [0.15, 0.2) is 0 Å². The van der Waals surface area contributed by atoms with Crippen LogP contribution < -0.4 is 10.1 Å². The highest BCUT2D eigenvalue weighted by Crippen LogP contribution is 2.32. The highest BCUT2D eigenvalue weighted by Gasteiger charge is 2.17. The molecule has 23 heavy (non-hydrogen) atoms. The lowest BCUT2D eigenvalue weighted by atomic mass is 9.98. The fraction of sp³-hybridized carbons (Fsp3) is 0.278. The molecule has 3 nitrogen and oxygen atoms in total. The van der Waals surface area contributed by atoms with E-state index in [9.17, 15) is 4.79 Å². The number of anilines is 1. The first kappa shape index (κ1) is 17.6. The van der Waals surface area contributed by atoms with Crippen molar-refractivity contribution in [3.8, 4) is 5.75 Å². The Kier molecular flexibility index (Phi) is 5.91. The summed E-state index contributed by atoms with van der Waals surface area (Å²) >= 11 is 12.0. The van der Waals surface area contributed by atoms with Crippen molar-refractivity contribution in [2.24, 2.45) is 0 Å². The number of amides is 1. The van der Waals surface area contributed by atoms with Crippen molar-refractivity contribution in [1.82, 2.24) is 0 Å². The Bertz CT molecular complexity index is 699. The van der Waals surface area contributed by atoms with Crippen LogP contribution in [-0.4, -0.2) is 13.0 Å². The van der Waals surface area contributed by atoms with Crippen LogP contribution in [0.1, 0.15) is 42.1 Å². The zero-order chi connectivity index (χ0) is 17.0. The van der Waals surface area contributed by atoms with Gasteiger partial charge in [-0.15, -0.1) is 0 Å². The number of ether oxygens (including phenoxy) is 1. The summed E-state index contributed by atoms with van der Waals surface area (Å²) in [6.07, 6.45) is 1.07. The van der Waals surface area contributed by atoms with E-state index in [1.54, 1.807) is 6.07 Å². The largest absolute Gasteiger partial charge is 0.494 e. The zero-order valence-corrected chi connectivity index (χ0v) is 14.8. The van der Waals surface area contributed by atoms with Gasteiger partial charge in [-0.1, -0.05) is 49.2 Å². The summed E-state index contributed by atoms with van der Waals surface area (Å²) in [6, 6.07) is 10.9. The first-order chi connectivity index (χ1) is 11.0. The standard InChI is InChI=1S/C18H19Cl2NO2/c1-4-11(2)12-5-7-14(8-6-12)21-18(22)15-9-13(19)10-16(20)17(15)23-3/h5-11H,4H2,1-3H3,(H,21,22)/t11-/m0/s1. The predicted molar refractivity (Wildman–Crippen MR) is 96.1 cm³/mol. The Balaban J connectivity index is 2.22. The summed E-state index contributed by atoms with van der Waals surface area (Å²) in [5.41, 5.74) is 2.25. The average molecular weight is 352 g/mol. The van der Waals surface area contributed by atoms with Crippen molar-refractivity contribution in [3.05, 3.63) is 57.6 Å². The first-order valence-electron chi connectivity index (χ1n) is 7.40. The monoisotopic (exact) mass is 351 g/mol. The van der Waals surface area contributed by atoms with Gasteiger partial charge >= 0.3 is 0 Å². The number of carbonyl (C=O) groups excluding carboxylic acids is 1. The lowest BCUT2D eigenvalue weighted by molar-refractivity contribution is 0.102. The minimum absolute atomic E-state index is 0.302. The fourth-order valence-corrected chi connectivity index (χ4v) is 2.84. The second-order valence-electron chi connectivity index (χ2n) is 5.35. The predicted octanol–water partition coefficient (Wildman–Crippen LogP) is 5.77. The molecule has 0 spiro atoms. The van der Waals surface area contributed by atoms with Gasteiger partial charge in [-0.2, -0.15) is 0 Å². The average Bonchev–Trinajstić information content (AvgIpc) is 2.54. The van der Waals surface area contributed by atoms with Gasteiger partial charge in [-0.05, 0) is 42.2 Å². The van der Waals surface area contributed by atoms with Crippen LogP contribution >= 0.6 is 23.2 Å². The van der Waals surface area contributed by atoms with Gasteiger partial charge in [0.05, 0.1) is 17.7 Å². The Morgan fingerprint density at radius 1 is 1.22 bits per heavy atom. The minimum Gasteiger partial charge on any atom is -0.494 e. The Labute approximate surface area is 146 Å². The zero-order valence-electron chi connectivity index (χ0n) is 13.3. The summed E-state index contributed by atoms with van der Waals surface area (Å²) < 4.78 is 5.20. The second-order valence-corrected chi connectivity index (χ2v) is 6.20. The molecule has 122 valence electrons. The van der Waals surface area contributed by atoms with E-state index in [1.165, 1.54) is 18.7 Å². The highest BCUT2D eigenvalue weighted by atomic mass is 35.5. The Morgan fingerprint density at radius 2 is 1.87 bits per heavy atom. The second kappa shape index (κ2) is 7.71. The van der Waals surface area contributed by atoms with Crippen molar-refractivity contribution < 1.29 is 9.53 Å². The molecule has 1 atom stereocenters. The van der Waals surface area contributed by atoms with Gasteiger partial charge in [0.2, 0.25) is 0 Å². The SMILES string of the molecule is CC[C@H](C)c1ccc(NC(=O)c2cc(Cl)cc(Cl)c2OC)cc1. The number of hydrogen-bond donors (Lipinski definition) is 1. The molecular weight excluding hydrogens is 333 g/mol. The molecule has 0 unspecified atom stereocenters. The molecule has 0 radical (unpaired) electrons. The van der Waals surface area contributed by atoms with E-state index in [0.29, 0.717) is 33.0 Å². The number of nitrogens with one attached hydrogen (secondary N) is 1. The lowest BCUT2D eigenvalue weighted by Crippen LogP contribution is -2.13. The van der Waals surface area contributed by atoms with Gasteiger partial charge < -0.3 is 10.1 Å². The minimum atomic E-state index is -0.317. The lowest BCUT2D eigenvalue weighted by Gasteiger charge is -2.13. The fourth-order valence-electron chi connectivity index (χ4n) is 2.27. The third kappa shape index (κ3) is 4.18. The third-order valence-electron chi connectivity index (χ3n) is 3.81. The van der Waals surface area contributed by atoms with E-state index in [0.717, 1.165) is 6.42 Å². The molecule has 0 aromatic heterocycles. The van der Waals surface area contributed by atoms with Crippen molar-refractivity contribution in [2.75, 3.05) is 12.4 Å². The molecule has 0 saturated carbocycles. The van der Waals surface area contributed by atoms with Crippen molar-refractivity contribution in [3.63, 3.8) is 0 Å². The number of carbonyl (C=O) groups is 1. The van der Waals surface area contributed by atoms with Gasteiger partial charge in [0.25, 0.3) is 5.91 Å². The maximum atomic E-state index is 12.5. The molecule has 0 aliphatic rings. The van der Waals surface area contributed by atoms with Crippen LogP contribution in [0.5, 0.6) is 5.75 Å². The van der Waals surface area contributed by atoms with Crippen molar-refractivity contribution in [1.29, 1.82) is 0 Å². The maximum Gasteiger partial charge on any atom is 0.259 e. The van der Waals surface area contributed by atoms with E-state index in [4.69, 9.17) is 27.9 Å². The van der Waals surface area contributed by atoms with Crippen LogP contribution in [0, 0.1) is 0 Å². The molecule has 1 amide bonds. The molecule has 0 fully saturated rings. The molecule has 0 saturated heterocycles. The van der Waals surface area contributed by atoms with Crippen LogP contribution in [0.3, 0.4) is 0 Å². The van der Waals surface area contributed by atoms with Crippen LogP contribution in [0.15, 0.2) is 36.4 Å². The van der Waals surface area contributed by atoms with Crippen LogP contribution in [0.2, 0.25) is 10.0 Å². The molecule has 0 heterocycles. The number of hydrogen-bond acceptors (Lipinski definition) is 2. The molecule has 5 heteroatoms. The molecule has 0 bridgehead atoms. The number of methoxy groups -OCH3 is 1. The molecule has 1 N–H and O–H groups in total. The van der Waals surface area contributed by atoms with Crippen molar-refractivity contribution >= 4 is 34.8 Å². The topological polar surface area (TPSA) is 38.3 Å². The van der Waals surface area contributed by atoms with E-state index in [1.807, 2.05) is 24.3 Å². The highest BCUT2D eigenvalue weighted by molar-refractivity contribution is 6.36. The summed E-state index contributed by atoms with van der Waals surface area (Å²) in [5.74, 6) is 0.485. The summed E-state index contributed by atoms with van der Waals surface area (Å²) in [7, 11) is 1.47. The molecular formula is C18H19Cl2NO2. The molecule has 2 aromatic carbocycles. The number of halogens is 2. The summed E-state index contributed by atoms with van der Waals surface area (Å²) in [4.78, 5) is 12.5. The summed E-state index contributed by atoms with van der Waals surface area (Å²) in [6.45, 7) is 4.32. The van der Waals surface area contributed by atoms with Gasteiger partial charge in [-0.3, -0.25) is 4.79 Å². The Morgan fingerprint density at radius 3 is 2.43 bits per heavy atom. The molecule has 2 rings (SSSR count). The van der Waals surface area contributed by atoms with E-state index in [-0.39, 0.29) is 5.91 Å². The third-order valence-corrected chi connectivity index (χ3v) is 4.31. The maximum absolute atomic E-state index is 12.5. The van der Waals surface area contributed by atoms with Gasteiger partial charge in [-0.25, -0.2) is 0 Å². The normalized spacial score (nSPS) is 11.9. The first-order valence-corrected chi connectivity index (χ1v) is 8.16. The number of rotatable bonds is 5. The molecule has 2 aromatic rings. The number of benzene rings is 2. The quantitative estimate of drug-likeness (QED) is 0.742. The smallest absolute Gasteiger partial charge is 0.259 e. The molecule has 0 aliphatic carbocycles. The van der Waals surface area contributed by atoms with Crippen LogP contribution in [0.25, 0.3) is 0 Å². The van der Waals surface area contributed by atoms with Crippen LogP contribution in [-0.2, 0) is 0 Å². The van der Waals surface area contributed by atoms with Crippen molar-refractivity contribution in [2.45, 2.75) is 26.2 Å². The van der Waals surface area contributed by atoms with E-state index >= 15 is 0 Å². The summed E-state index contributed by atoms with van der Waals surface area (Å²) in [5, 5.41) is 3.52. The van der Waals surface area contributed by atoms with E-state index in [2.05, 4.69) is 19.2 Å². The van der Waals surface area contributed by atoms with E-state index < -0.39 is 0 Å². The Hall–Kier alpha value is -1.71. The van der Waals surface area contributed by atoms with Crippen LogP contribution in [0.4, 0.5) is 5.69 Å².